The quantitative estimate of drug-likeness (QED) is 0.711. The van der Waals surface area contributed by atoms with Gasteiger partial charge in [0.15, 0.2) is 0 Å². The van der Waals surface area contributed by atoms with E-state index in [1.165, 1.54) is 5.69 Å². The van der Waals surface area contributed by atoms with Crippen LogP contribution >= 0.6 is 15.9 Å². The lowest BCUT2D eigenvalue weighted by molar-refractivity contribution is 0.199. The summed E-state index contributed by atoms with van der Waals surface area (Å²) in [6.45, 7) is 5.89. The Labute approximate surface area is 112 Å². The van der Waals surface area contributed by atoms with Crippen molar-refractivity contribution in [1.82, 2.24) is 15.1 Å². The SMILES string of the molecule is CCCn1ncc(Br)c1CCCNCCOC. The molecule has 0 bridgehead atoms. The van der Waals surface area contributed by atoms with Gasteiger partial charge >= 0.3 is 0 Å². The second kappa shape index (κ2) is 8.66. The Balaban J connectivity index is 2.27. The molecule has 1 aromatic rings. The van der Waals surface area contributed by atoms with Crippen LogP contribution in [0, 0.1) is 0 Å². The van der Waals surface area contributed by atoms with Crippen LogP contribution in [0.1, 0.15) is 25.5 Å². The van der Waals surface area contributed by atoms with Gasteiger partial charge in [-0.2, -0.15) is 5.10 Å². The number of aromatic nitrogens is 2. The van der Waals surface area contributed by atoms with E-state index < -0.39 is 0 Å². The molecule has 0 saturated heterocycles. The molecule has 0 amide bonds. The van der Waals surface area contributed by atoms with Gasteiger partial charge in [-0.25, -0.2) is 0 Å². The molecule has 0 fully saturated rings. The molecular formula is C12H22BrN3O. The third-order valence-electron chi connectivity index (χ3n) is 2.58. The molecule has 0 aromatic carbocycles. The van der Waals surface area contributed by atoms with E-state index in [9.17, 15) is 0 Å². The molecule has 5 heteroatoms. The zero-order valence-electron chi connectivity index (χ0n) is 10.7. The molecule has 17 heavy (non-hydrogen) atoms. The van der Waals surface area contributed by atoms with Gasteiger partial charge in [0.2, 0.25) is 0 Å². The Kier molecular flexibility index (Phi) is 7.48. The second-order valence-electron chi connectivity index (χ2n) is 4.01. The molecule has 98 valence electrons. The van der Waals surface area contributed by atoms with Gasteiger partial charge in [-0.3, -0.25) is 4.68 Å². The first-order valence-electron chi connectivity index (χ1n) is 6.19. The van der Waals surface area contributed by atoms with E-state index in [0.717, 1.165) is 50.0 Å². The summed E-state index contributed by atoms with van der Waals surface area (Å²) in [6, 6.07) is 0. The highest BCUT2D eigenvalue weighted by Gasteiger charge is 2.07. The van der Waals surface area contributed by atoms with Crippen molar-refractivity contribution in [2.24, 2.45) is 0 Å². The summed E-state index contributed by atoms with van der Waals surface area (Å²) < 4.78 is 8.20. The zero-order chi connectivity index (χ0) is 12.5. The number of aryl methyl sites for hydroxylation is 1. The smallest absolute Gasteiger partial charge is 0.0635 e. The summed E-state index contributed by atoms with van der Waals surface area (Å²) >= 11 is 3.56. The van der Waals surface area contributed by atoms with Crippen LogP contribution in [0.15, 0.2) is 10.7 Å². The van der Waals surface area contributed by atoms with Crippen molar-refractivity contribution in [1.29, 1.82) is 0 Å². The van der Waals surface area contributed by atoms with Crippen LogP contribution < -0.4 is 5.32 Å². The van der Waals surface area contributed by atoms with Crippen LogP contribution in [0.25, 0.3) is 0 Å². The van der Waals surface area contributed by atoms with Gasteiger partial charge in [0, 0.05) is 20.2 Å². The fourth-order valence-electron chi connectivity index (χ4n) is 1.72. The van der Waals surface area contributed by atoms with Crippen LogP contribution in [-0.2, 0) is 17.7 Å². The highest BCUT2D eigenvalue weighted by molar-refractivity contribution is 9.10. The summed E-state index contributed by atoms with van der Waals surface area (Å²) in [6.07, 6.45) is 5.19. The van der Waals surface area contributed by atoms with Crippen molar-refractivity contribution < 1.29 is 4.74 Å². The maximum absolute atomic E-state index is 4.98. The lowest BCUT2D eigenvalue weighted by Crippen LogP contribution is -2.21. The monoisotopic (exact) mass is 303 g/mol. The number of rotatable bonds is 9. The molecule has 0 aliphatic heterocycles. The number of halogens is 1. The van der Waals surface area contributed by atoms with Gasteiger partial charge in [0.1, 0.15) is 0 Å². The van der Waals surface area contributed by atoms with Gasteiger partial charge in [-0.15, -0.1) is 0 Å². The van der Waals surface area contributed by atoms with Crippen molar-refractivity contribution in [2.45, 2.75) is 32.7 Å². The molecular weight excluding hydrogens is 282 g/mol. The summed E-state index contributed by atoms with van der Waals surface area (Å²) in [5.74, 6) is 0. The maximum atomic E-state index is 4.98. The number of methoxy groups -OCH3 is 1. The highest BCUT2D eigenvalue weighted by Crippen LogP contribution is 2.17. The fraction of sp³-hybridized carbons (Fsp3) is 0.750. The summed E-state index contributed by atoms with van der Waals surface area (Å²) in [5, 5.41) is 7.71. The van der Waals surface area contributed by atoms with Crippen LogP contribution in [0.4, 0.5) is 0 Å². The largest absolute Gasteiger partial charge is 0.383 e. The van der Waals surface area contributed by atoms with Crippen molar-refractivity contribution in [2.75, 3.05) is 26.8 Å². The van der Waals surface area contributed by atoms with Gasteiger partial charge < -0.3 is 10.1 Å². The third kappa shape index (κ3) is 5.19. The van der Waals surface area contributed by atoms with Crippen molar-refractivity contribution in [3.05, 3.63) is 16.4 Å². The first-order chi connectivity index (χ1) is 8.29. The lowest BCUT2D eigenvalue weighted by atomic mass is 10.2. The maximum Gasteiger partial charge on any atom is 0.0635 e. The topological polar surface area (TPSA) is 39.1 Å². The molecule has 0 aliphatic carbocycles. The number of hydrogen-bond donors (Lipinski definition) is 1. The predicted octanol–water partition coefficient (Wildman–Crippen LogP) is 2.22. The first kappa shape index (κ1) is 14.7. The molecule has 0 atom stereocenters. The van der Waals surface area contributed by atoms with E-state index in [4.69, 9.17) is 4.74 Å². The summed E-state index contributed by atoms with van der Waals surface area (Å²) in [7, 11) is 1.72. The lowest BCUT2D eigenvalue weighted by Gasteiger charge is -2.07. The van der Waals surface area contributed by atoms with E-state index in [1.54, 1.807) is 7.11 Å². The molecule has 0 unspecified atom stereocenters. The average Bonchev–Trinajstić information content (AvgIpc) is 2.66. The minimum absolute atomic E-state index is 0.775. The van der Waals surface area contributed by atoms with Crippen LogP contribution in [0.3, 0.4) is 0 Å². The molecule has 1 heterocycles. The number of hydrogen-bond acceptors (Lipinski definition) is 3. The predicted molar refractivity (Wildman–Crippen MR) is 73.3 cm³/mol. The molecule has 0 saturated carbocycles. The molecule has 0 aliphatic rings. The van der Waals surface area contributed by atoms with E-state index in [-0.39, 0.29) is 0 Å². The summed E-state index contributed by atoms with van der Waals surface area (Å²) in [5.41, 5.74) is 1.31. The number of nitrogens with zero attached hydrogens (tertiary/aromatic N) is 2. The molecule has 4 nitrogen and oxygen atoms in total. The van der Waals surface area contributed by atoms with Gasteiger partial charge in [0.05, 0.1) is 23.0 Å². The minimum atomic E-state index is 0.775. The van der Waals surface area contributed by atoms with Gasteiger partial charge in [-0.05, 0) is 41.7 Å². The van der Waals surface area contributed by atoms with E-state index >= 15 is 0 Å². The van der Waals surface area contributed by atoms with E-state index in [0.29, 0.717) is 0 Å². The normalized spacial score (nSPS) is 11.0. The minimum Gasteiger partial charge on any atom is -0.383 e. The molecule has 1 aromatic heterocycles. The van der Waals surface area contributed by atoms with E-state index in [2.05, 4.69) is 38.0 Å². The average molecular weight is 304 g/mol. The molecule has 0 radical (unpaired) electrons. The Bertz CT molecular complexity index is 315. The van der Waals surface area contributed by atoms with Crippen molar-refractivity contribution >= 4 is 15.9 Å². The number of ether oxygens (including phenoxy) is 1. The fourth-order valence-corrected chi connectivity index (χ4v) is 2.22. The Morgan fingerprint density at radius 1 is 1.47 bits per heavy atom. The molecule has 1 N–H and O–H groups in total. The van der Waals surface area contributed by atoms with Crippen LogP contribution in [-0.4, -0.2) is 36.6 Å². The van der Waals surface area contributed by atoms with Gasteiger partial charge in [-0.1, -0.05) is 6.92 Å². The van der Waals surface area contributed by atoms with Crippen LogP contribution in [0.2, 0.25) is 0 Å². The second-order valence-corrected chi connectivity index (χ2v) is 4.86. The Morgan fingerprint density at radius 3 is 3.00 bits per heavy atom. The molecule has 0 spiro atoms. The highest BCUT2D eigenvalue weighted by atomic mass is 79.9. The van der Waals surface area contributed by atoms with Crippen molar-refractivity contribution in [3.8, 4) is 0 Å². The van der Waals surface area contributed by atoms with Crippen molar-refractivity contribution in [3.63, 3.8) is 0 Å². The number of nitrogens with one attached hydrogen (secondary N) is 1. The third-order valence-corrected chi connectivity index (χ3v) is 3.25. The molecule has 1 rings (SSSR count). The Hall–Kier alpha value is -0.390. The van der Waals surface area contributed by atoms with Crippen LogP contribution in [0.5, 0.6) is 0 Å². The standard InChI is InChI=1S/C12H22BrN3O/c1-3-8-16-12(11(13)10-15-16)5-4-6-14-7-9-17-2/h10,14H,3-9H2,1-2H3. The van der Waals surface area contributed by atoms with E-state index in [1.807, 2.05) is 6.20 Å². The zero-order valence-corrected chi connectivity index (χ0v) is 12.3. The first-order valence-corrected chi connectivity index (χ1v) is 6.98. The summed E-state index contributed by atoms with van der Waals surface area (Å²) in [4.78, 5) is 0. The Morgan fingerprint density at radius 2 is 2.29 bits per heavy atom. The van der Waals surface area contributed by atoms with Gasteiger partial charge in [0.25, 0.3) is 0 Å².